The van der Waals surface area contributed by atoms with Gasteiger partial charge in [0.1, 0.15) is 0 Å². The maximum Gasteiger partial charge on any atom is 0.684 e. The molecule has 0 N–H and O–H groups in total. The summed E-state index contributed by atoms with van der Waals surface area (Å²) in [5, 5.41) is 0. The lowest BCUT2D eigenvalue weighted by Crippen LogP contribution is -2.69. The van der Waals surface area contributed by atoms with Crippen molar-refractivity contribution in [3.8, 4) is 0 Å². The Labute approximate surface area is 87.0 Å². The van der Waals surface area contributed by atoms with Crippen molar-refractivity contribution in [3.05, 3.63) is 0 Å². The minimum absolute atomic E-state index is 0.481. The zero-order valence-electron chi connectivity index (χ0n) is 9.46. The maximum absolute atomic E-state index is 5.71. The summed E-state index contributed by atoms with van der Waals surface area (Å²) in [6.07, 6.45) is 1.90. The molecule has 5 heteroatoms. The van der Waals surface area contributed by atoms with Gasteiger partial charge in [0.05, 0.1) is 0 Å². The van der Waals surface area contributed by atoms with E-state index in [0.29, 0.717) is 13.2 Å². The first-order valence-corrected chi connectivity index (χ1v) is 6.91. The minimum atomic E-state index is -2.72. The predicted octanol–water partition coefficient (Wildman–Crippen LogP) is 2.06. The van der Waals surface area contributed by atoms with Crippen molar-refractivity contribution < 1.29 is 17.7 Å². The van der Waals surface area contributed by atoms with Crippen LogP contribution < -0.4 is 0 Å². The average Bonchev–Trinajstić information content (AvgIpc) is 2.02. The first kappa shape index (κ1) is 12.1. The van der Waals surface area contributed by atoms with Gasteiger partial charge in [0.25, 0.3) is 0 Å². The first-order chi connectivity index (χ1) is 6.60. The Morgan fingerprint density at radius 2 is 1.57 bits per heavy atom. The normalized spacial score (nSPS) is 23.1. The van der Waals surface area contributed by atoms with Crippen LogP contribution in [0.15, 0.2) is 0 Å². The van der Waals surface area contributed by atoms with Crippen molar-refractivity contribution in [3.63, 3.8) is 0 Å². The van der Waals surface area contributed by atoms with Crippen LogP contribution in [-0.2, 0) is 17.7 Å². The lowest BCUT2D eigenvalue weighted by Gasteiger charge is -2.49. The van der Waals surface area contributed by atoms with Gasteiger partial charge in [-0.3, -0.25) is 0 Å². The summed E-state index contributed by atoms with van der Waals surface area (Å²) < 4.78 is 22.3. The average molecular weight is 220 g/mol. The maximum atomic E-state index is 5.71. The third-order valence-corrected chi connectivity index (χ3v) is 4.68. The third-order valence-electron chi connectivity index (χ3n) is 2.03. The Balaban J connectivity index is 2.45. The molecule has 0 aromatic rings. The molecule has 1 fully saturated rings. The van der Waals surface area contributed by atoms with Crippen molar-refractivity contribution in [2.75, 3.05) is 13.2 Å². The van der Waals surface area contributed by atoms with Crippen LogP contribution in [0.2, 0.25) is 0 Å². The van der Waals surface area contributed by atoms with E-state index in [0.717, 1.165) is 12.8 Å². The van der Waals surface area contributed by atoms with E-state index >= 15 is 0 Å². The van der Waals surface area contributed by atoms with Crippen LogP contribution in [-0.4, -0.2) is 28.0 Å². The molecule has 0 aliphatic carbocycles. The largest absolute Gasteiger partial charge is 0.684 e. The molecule has 0 radical (unpaired) electrons. The van der Waals surface area contributed by atoms with Crippen molar-refractivity contribution >= 4 is 9.05 Å². The van der Waals surface area contributed by atoms with E-state index in [1.165, 1.54) is 0 Å². The highest BCUT2D eigenvalue weighted by Crippen LogP contribution is 2.38. The molecule has 0 aromatic carbocycles. The second-order valence-corrected chi connectivity index (χ2v) is 5.44. The molecule has 84 valence electrons. The Morgan fingerprint density at radius 3 is 1.93 bits per heavy atom. The highest BCUT2D eigenvalue weighted by Gasteiger charge is 2.63. The molecule has 1 rings (SSSR count). The smallest absolute Gasteiger partial charge is 0.351 e. The molecule has 1 heterocycles. The van der Waals surface area contributed by atoms with Crippen LogP contribution in [0.25, 0.3) is 0 Å². The highest BCUT2D eigenvalue weighted by molar-refractivity contribution is 6.55. The van der Waals surface area contributed by atoms with Crippen LogP contribution in [0, 0.1) is 0 Å². The first-order valence-electron chi connectivity index (χ1n) is 5.28. The lowest BCUT2D eigenvalue weighted by molar-refractivity contribution is -0.293. The number of hydrogen-bond acceptors (Lipinski definition) is 4. The van der Waals surface area contributed by atoms with Crippen molar-refractivity contribution in [2.24, 2.45) is 0 Å². The van der Waals surface area contributed by atoms with E-state index in [4.69, 9.17) is 17.7 Å². The van der Waals surface area contributed by atoms with Gasteiger partial charge < -0.3 is 17.7 Å². The molecular formula is C9H20O4Si. The minimum Gasteiger partial charge on any atom is -0.351 e. The van der Waals surface area contributed by atoms with Gasteiger partial charge in [-0.1, -0.05) is 13.3 Å². The molecule has 0 amide bonds. The van der Waals surface area contributed by atoms with Gasteiger partial charge in [-0.25, -0.2) is 0 Å². The molecule has 1 aliphatic heterocycles. The van der Waals surface area contributed by atoms with Gasteiger partial charge in [-0.05, 0) is 27.2 Å². The zero-order chi connectivity index (χ0) is 10.7. The highest BCUT2D eigenvalue weighted by atomic mass is 28.4. The summed E-state index contributed by atoms with van der Waals surface area (Å²) in [5.41, 5.74) is 0. The Hall–Kier alpha value is 0.0569. The van der Waals surface area contributed by atoms with Crippen LogP contribution >= 0.6 is 0 Å². The lowest BCUT2D eigenvalue weighted by atomic mass is 10.2. The Morgan fingerprint density at radius 1 is 1.07 bits per heavy atom. The Kier molecular flexibility index (Phi) is 4.09. The van der Waals surface area contributed by atoms with E-state index in [-0.39, 0.29) is 0 Å². The van der Waals surface area contributed by atoms with E-state index in [1.807, 2.05) is 20.8 Å². The van der Waals surface area contributed by atoms with Crippen LogP contribution in [0.3, 0.4) is 0 Å². The van der Waals surface area contributed by atoms with Crippen LogP contribution in [0.5, 0.6) is 0 Å². The van der Waals surface area contributed by atoms with E-state index in [2.05, 4.69) is 6.92 Å². The molecule has 1 saturated heterocycles. The molecule has 0 saturated carbocycles. The molecule has 0 unspecified atom stereocenters. The van der Waals surface area contributed by atoms with Crippen molar-refractivity contribution in [2.45, 2.75) is 46.3 Å². The molecule has 4 nitrogen and oxygen atoms in total. The third kappa shape index (κ3) is 2.55. The van der Waals surface area contributed by atoms with Gasteiger partial charge in [0, 0.05) is 13.2 Å². The van der Waals surface area contributed by atoms with Gasteiger partial charge in [-0.15, -0.1) is 0 Å². The molecule has 1 aliphatic rings. The van der Waals surface area contributed by atoms with Crippen molar-refractivity contribution in [1.82, 2.24) is 0 Å². The molecular weight excluding hydrogens is 200 g/mol. The van der Waals surface area contributed by atoms with Crippen molar-refractivity contribution in [1.29, 1.82) is 0 Å². The molecule has 0 bridgehead atoms. The summed E-state index contributed by atoms with van der Waals surface area (Å²) in [7, 11) is -2.72. The standard InChI is InChI=1S/C9H20O4Si/c1-5-8-9(4)12-14(13-9,10-6-2)11-7-3/h5-8H2,1-4H3. The van der Waals surface area contributed by atoms with Gasteiger partial charge in [-0.2, -0.15) is 0 Å². The second-order valence-electron chi connectivity index (χ2n) is 3.45. The SMILES string of the molecule is CCCC1(C)O[Si](OCC)(OCC)O1. The van der Waals surface area contributed by atoms with Crippen LogP contribution in [0.1, 0.15) is 40.5 Å². The summed E-state index contributed by atoms with van der Waals surface area (Å²) in [4.78, 5) is 0. The molecule has 0 spiro atoms. The fourth-order valence-electron chi connectivity index (χ4n) is 1.61. The summed E-state index contributed by atoms with van der Waals surface area (Å²) in [6, 6.07) is 0. The van der Waals surface area contributed by atoms with Gasteiger partial charge in [0.15, 0.2) is 5.79 Å². The summed E-state index contributed by atoms with van der Waals surface area (Å²) in [5.74, 6) is -0.481. The zero-order valence-corrected chi connectivity index (χ0v) is 10.5. The predicted molar refractivity (Wildman–Crippen MR) is 54.5 cm³/mol. The second kappa shape index (κ2) is 4.72. The number of rotatable bonds is 6. The van der Waals surface area contributed by atoms with Crippen LogP contribution in [0.4, 0.5) is 0 Å². The Bertz CT molecular complexity index is 172. The topological polar surface area (TPSA) is 36.9 Å². The van der Waals surface area contributed by atoms with Gasteiger partial charge in [0.2, 0.25) is 0 Å². The summed E-state index contributed by atoms with van der Waals surface area (Å²) >= 11 is 0. The summed E-state index contributed by atoms with van der Waals surface area (Å²) in [6.45, 7) is 8.98. The van der Waals surface area contributed by atoms with E-state index in [1.54, 1.807) is 0 Å². The monoisotopic (exact) mass is 220 g/mol. The fraction of sp³-hybridized carbons (Fsp3) is 1.00. The van der Waals surface area contributed by atoms with E-state index < -0.39 is 14.8 Å². The molecule has 0 atom stereocenters. The number of hydrogen-bond donors (Lipinski definition) is 0. The fourth-order valence-corrected chi connectivity index (χ4v) is 3.91. The van der Waals surface area contributed by atoms with E-state index in [9.17, 15) is 0 Å². The molecule has 0 aromatic heterocycles. The molecule has 14 heavy (non-hydrogen) atoms. The van der Waals surface area contributed by atoms with Gasteiger partial charge >= 0.3 is 9.05 Å². The quantitative estimate of drug-likeness (QED) is 0.642.